The van der Waals surface area contributed by atoms with Gasteiger partial charge in [-0.05, 0) is 51.1 Å². The number of carbonyl (C=O) groups excluding carboxylic acids is 1. The molecule has 0 saturated carbocycles. The van der Waals surface area contributed by atoms with Crippen molar-refractivity contribution in [1.29, 1.82) is 0 Å². The molecule has 8 heteroatoms. The van der Waals surface area contributed by atoms with Gasteiger partial charge in [0.1, 0.15) is 0 Å². The van der Waals surface area contributed by atoms with E-state index in [0.717, 1.165) is 31.5 Å². The summed E-state index contributed by atoms with van der Waals surface area (Å²) in [6.45, 7) is 3.28. The average molecular weight is 410 g/mol. The van der Waals surface area contributed by atoms with Crippen molar-refractivity contribution in [3.63, 3.8) is 0 Å². The lowest BCUT2D eigenvalue weighted by atomic mass is 10.0. The first-order valence-corrected chi connectivity index (χ1v) is 11.4. The predicted octanol–water partition coefficient (Wildman–Crippen LogP) is 1.19. The topological polar surface area (TPSA) is 70.2 Å². The van der Waals surface area contributed by atoms with E-state index in [2.05, 4.69) is 19.0 Å². The molecule has 3 rings (SSSR count). The zero-order chi connectivity index (χ0) is 20.1. The Hall–Kier alpha value is -1.48. The fourth-order valence-corrected chi connectivity index (χ4v) is 5.18. The molecular formula is C20H31N3O4S. The Balaban J connectivity index is 1.55. The van der Waals surface area contributed by atoms with E-state index in [-0.39, 0.29) is 5.91 Å². The maximum Gasteiger partial charge on any atom is 0.243 e. The van der Waals surface area contributed by atoms with Crippen LogP contribution in [-0.2, 0) is 26.0 Å². The fourth-order valence-electron chi connectivity index (χ4n) is 3.78. The van der Waals surface area contributed by atoms with Crippen LogP contribution in [-0.4, -0.2) is 88.0 Å². The van der Waals surface area contributed by atoms with E-state index in [0.29, 0.717) is 50.1 Å². The molecule has 1 amide bonds. The first-order chi connectivity index (χ1) is 13.4. The fraction of sp³-hybridized carbons (Fsp3) is 0.650. The molecule has 0 aromatic heterocycles. The molecule has 0 spiro atoms. The van der Waals surface area contributed by atoms with Crippen LogP contribution in [0, 0.1) is 0 Å². The second-order valence-corrected chi connectivity index (χ2v) is 9.70. The molecule has 0 aliphatic carbocycles. The van der Waals surface area contributed by atoms with Gasteiger partial charge in [0.15, 0.2) is 0 Å². The van der Waals surface area contributed by atoms with Gasteiger partial charge in [-0.1, -0.05) is 12.1 Å². The van der Waals surface area contributed by atoms with Crippen LogP contribution < -0.4 is 0 Å². The molecule has 0 N–H and O–H groups in total. The molecule has 7 nitrogen and oxygen atoms in total. The standard InChI is InChI=1S/C20H31N3O4S/c1-21(2)18-4-3-11-22(16-18)20(24)10-7-17-5-8-19(9-6-17)28(25,26)23-12-14-27-15-13-23/h5-6,8-9,18H,3-4,7,10-16H2,1-2H3. The SMILES string of the molecule is CN(C)C1CCCN(C(=O)CCc2ccc(S(=O)(=O)N3CCOCC3)cc2)C1. The zero-order valence-electron chi connectivity index (χ0n) is 16.8. The van der Waals surface area contributed by atoms with Gasteiger partial charge in [-0.2, -0.15) is 4.31 Å². The zero-order valence-corrected chi connectivity index (χ0v) is 17.7. The Kier molecular flexibility index (Phi) is 7.09. The molecule has 0 bridgehead atoms. The van der Waals surface area contributed by atoms with E-state index in [1.54, 1.807) is 12.1 Å². The largest absolute Gasteiger partial charge is 0.379 e. The monoisotopic (exact) mass is 409 g/mol. The number of nitrogens with zero attached hydrogens (tertiary/aromatic N) is 3. The van der Waals surface area contributed by atoms with Crippen LogP contribution >= 0.6 is 0 Å². The maximum atomic E-state index is 12.7. The molecule has 2 heterocycles. The van der Waals surface area contributed by atoms with Gasteiger partial charge in [0, 0.05) is 38.6 Å². The molecule has 1 atom stereocenters. The van der Waals surface area contributed by atoms with Gasteiger partial charge in [-0.25, -0.2) is 8.42 Å². The van der Waals surface area contributed by atoms with Crippen molar-refractivity contribution in [2.75, 3.05) is 53.5 Å². The van der Waals surface area contributed by atoms with Crippen molar-refractivity contribution in [3.05, 3.63) is 29.8 Å². The number of hydrogen-bond acceptors (Lipinski definition) is 5. The van der Waals surface area contributed by atoms with Crippen molar-refractivity contribution in [2.24, 2.45) is 0 Å². The van der Waals surface area contributed by atoms with Crippen molar-refractivity contribution in [3.8, 4) is 0 Å². The van der Waals surface area contributed by atoms with Crippen molar-refractivity contribution in [1.82, 2.24) is 14.1 Å². The van der Waals surface area contributed by atoms with Crippen LogP contribution in [0.4, 0.5) is 0 Å². The highest BCUT2D eigenvalue weighted by atomic mass is 32.2. The normalized spacial score (nSPS) is 21.8. The number of piperidine rings is 1. The molecule has 28 heavy (non-hydrogen) atoms. The van der Waals surface area contributed by atoms with Gasteiger partial charge in [-0.3, -0.25) is 4.79 Å². The second-order valence-electron chi connectivity index (χ2n) is 7.76. The van der Waals surface area contributed by atoms with E-state index >= 15 is 0 Å². The highest BCUT2D eigenvalue weighted by Gasteiger charge is 2.27. The van der Waals surface area contributed by atoms with Crippen LogP contribution in [0.25, 0.3) is 0 Å². The summed E-state index contributed by atoms with van der Waals surface area (Å²) in [6, 6.07) is 7.36. The lowest BCUT2D eigenvalue weighted by Crippen LogP contribution is -2.47. The Labute approximate surface area is 168 Å². The smallest absolute Gasteiger partial charge is 0.243 e. The Morgan fingerprint density at radius 3 is 2.46 bits per heavy atom. The van der Waals surface area contributed by atoms with Gasteiger partial charge in [0.05, 0.1) is 18.1 Å². The summed E-state index contributed by atoms with van der Waals surface area (Å²) in [6.07, 6.45) is 3.26. The Morgan fingerprint density at radius 1 is 1.14 bits per heavy atom. The Bertz CT molecular complexity index is 758. The third kappa shape index (κ3) is 5.11. The van der Waals surface area contributed by atoms with Crippen molar-refractivity contribution < 1.29 is 17.9 Å². The summed E-state index contributed by atoms with van der Waals surface area (Å²) in [5.74, 6) is 0.177. The average Bonchev–Trinajstić information content (AvgIpc) is 2.73. The maximum absolute atomic E-state index is 12.7. The lowest BCUT2D eigenvalue weighted by Gasteiger charge is -2.36. The molecule has 1 unspecified atom stereocenters. The van der Waals surface area contributed by atoms with E-state index in [1.165, 1.54) is 4.31 Å². The van der Waals surface area contributed by atoms with Crippen LogP contribution in [0.3, 0.4) is 0 Å². The first kappa shape index (κ1) is 21.2. The number of ether oxygens (including phenoxy) is 1. The summed E-state index contributed by atoms with van der Waals surface area (Å²) < 4.78 is 32.0. The number of aryl methyl sites for hydroxylation is 1. The van der Waals surface area contributed by atoms with E-state index in [9.17, 15) is 13.2 Å². The third-order valence-electron chi connectivity index (χ3n) is 5.64. The van der Waals surface area contributed by atoms with E-state index in [4.69, 9.17) is 4.74 Å². The molecule has 2 aliphatic rings. The minimum absolute atomic E-state index is 0.177. The summed E-state index contributed by atoms with van der Waals surface area (Å²) in [5.41, 5.74) is 0.982. The van der Waals surface area contributed by atoms with E-state index in [1.807, 2.05) is 17.0 Å². The van der Waals surface area contributed by atoms with Crippen molar-refractivity contribution >= 4 is 15.9 Å². The van der Waals surface area contributed by atoms with Gasteiger partial charge in [0.25, 0.3) is 0 Å². The number of carbonyl (C=O) groups is 1. The van der Waals surface area contributed by atoms with Crippen molar-refractivity contribution in [2.45, 2.75) is 36.6 Å². The lowest BCUT2D eigenvalue weighted by molar-refractivity contribution is -0.133. The number of amides is 1. The molecule has 2 aliphatic heterocycles. The number of sulfonamides is 1. The molecule has 156 valence electrons. The third-order valence-corrected chi connectivity index (χ3v) is 7.55. The Morgan fingerprint density at radius 2 is 1.82 bits per heavy atom. The number of morpholine rings is 1. The molecule has 2 saturated heterocycles. The van der Waals surface area contributed by atoms with Gasteiger partial charge in [0.2, 0.25) is 15.9 Å². The highest BCUT2D eigenvalue weighted by Crippen LogP contribution is 2.19. The minimum atomic E-state index is -3.47. The molecular weight excluding hydrogens is 378 g/mol. The van der Waals surface area contributed by atoms with Gasteiger partial charge < -0.3 is 14.5 Å². The number of hydrogen-bond donors (Lipinski definition) is 0. The highest BCUT2D eigenvalue weighted by molar-refractivity contribution is 7.89. The van der Waals surface area contributed by atoms with E-state index < -0.39 is 10.0 Å². The number of likely N-dealkylation sites (N-methyl/N-ethyl adjacent to an activating group) is 1. The summed E-state index contributed by atoms with van der Waals surface area (Å²) in [4.78, 5) is 17.0. The van der Waals surface area contributed by atoms with Gasteiger partial charge >= 0.3 is 0 Å². The first-order valence-electron chi connectivity index (χ1n) is 9.99. The number of rotatable bonds is 6. The molecule has 1 aromatic carbocycles. The van der Waals surface area contributed by atoms with Crippen LogP contribution in [0.5, 0.6) is 0 Å². The van der Waals surface area contributed by atoms with Crippen LogP contribution in [0.2, 0.25) is 0 Å². The summed E-state index contributed by atoms with van der Waals surface area (Å²) in [7, 11) is 0.653. The van der Waals surface area contributed by atoms with Crippen LogP contribution in [0.15, 0.2) is 29.2 Å². The summed E-state index contributed by atoms with van der Waals surface area (Å²) >= 11 is 0. The number of benzene rings is 1. The predicted molar refractivity (Wildman–Crippen MR) is 108 cm³/mol. The van der Waals surface area contributed by atoms with Crippen LogP contribution in [0.1, 0.15) is 24.8 Å². The minimum Gasteiger partial charge on any atom is -0.379 e. The second kappa shape index (κ2) is 9.35. The van der Waals surface area contributed by atoms with Gasteiger partial charge in [-0.15, -0.1) is 0 Å². The quantitative estimate of drug-likeness (QED) is 0.706. The molecule has 1 aromatic rings. The molecule has 2 fully saturated rings. The number of likely N-dealkylation sites (tertiary alicyclic amines) is 1. The molecule has 0 radical (unpaired) electrons. The summed E-state index contributed by atoms with van der Waals surface area (Å²) in [5, 5.41) is 0.